The maximum absolute atomic E-state index is 13.4. The van der Waals surface area contributed by atoms with E-state index >= 15 is 0 Å². The predicted molar refractivity (Wildman–Crippen MR) is 137 cm³/mol. The number of rotatable bonds is 5. The lowest BCUT2D eigenvalue weighted by Crippen LogP contribution is -2.23. The number of anilines is 1. The van der Waals surface area contributed by atoms with Gasteiger partial charge >= 0.3 is 0 Å². The molecular weight excluding hydrogens is 501 g/mol. The van der Waals surface area contributed by atoms with Crippen LogP contribution in [-0.2, 0) is 6.42 Å². The van der Waals surface area contributed by atoms with E-state index in [1.165, 1.54) is 6.33 Å². The number of aryl methyl sites for hydroxylation is 1. The predicted octanol–water partition coefficient (Wildman–Crippen LogP) is 4.16. The Labute approximate surface area is 214 Å². The summed E-state index contributed by atoms with van der Waals surface area (Å²) in [5.41, 5.74) is 4.53. The summed E-state index contributed by atoms with van der Waals surface area (Å²) < 4.78 is 3.34. The lowest BCUT2D eigenvalue weighted by Gasteiger charge is -2.15. The molecule has 1 atom stereocenters. The number of benzene rings is 1. The summed E-state index contributed by atoms with van der Waals surface area (Å²) in [4.78, 5) is 25.6. The number of hydrogen-bond donors (Lipinski definition) is 2. The largest absolute Gasteiger partial charge is 0.373 e. The minimum atomic E-state index is -0.211. The van der Waals surface area contributed by atoms with Gasteiger partial charge in [-0.1, -0.05) is 23.2 Å². The average molecular weight is 520 g/mol. The van der Waals surface area contributed by atoms with Crippen LogP contribution in [0.2, 0.25) is 10.2 Å². The van der Waals surface area contributed by atoms with E-state index < -0.39 is 0 Å². The first-order valence-corrected chi connectivity index (χ1v) is 12.0. The monoisotopic (exact) mass is 519 g/mol. The van der Waals surface area contributed by atoms with E-state index in [0.29, 0.717) is 21.8 Å². The summed E-state index contributed by atoms with van der Waals surface area (Å²) in [5, 5.41) is 15.3. The van der Waals surface area contributed by atoms with Crippen molar-refractivity contribution in [1.29, 1.82) is 0 Å². The third-order valence-corrected chi connectivity index (χ3v) is 6.83. The van der Waals surface area contributed by atoms with Crippen LogP contribution in [0.5, 0.6) is 0 Å². The maximum atomic E-state index is 13.4. The number of aromatic amines is 1. The van der Waals surface area contributed by atoms with Crippen LogP contribution in [0.1, 0.15) is 24.0 Å². The SMILES string of the molecule is CNc1ccc(-c2cnc([C@@H]3CCc4cc(-c5cc(Cl)ccc5-n5cnnn5)cc(=O)n43)[nH]2)c(Cl)n1. The average Bonchev–Trinajstić information content (AvgIpc) is 3.64. The number of nitrogens with one attached hydrogen (secondary N) is 2. The number of aromatic nitrogens is 8. The molecule has 36 heavy (non-hydrogen) atoms. The van der Waals surface area contributed by atoms with Crippen LogP contribution >= 0.6 is 23.2 Å². The molecule has 0 spiro atoms. The van der Waals surface area contributed by atoms with Crippen molar-refractivity contribution in [1.82, 2.24) is 39.7 Å². The molecule has 0 fully saturated rings. The maximum Gasteiger partial charge on any atom is 0.252 e. The van der Waals surface area contributed by atoms with Gasteiger partial charge in [0, 0.05) is 35.0 Å². The molecule has 0 saturated carbocycles. The Morgan fingerprint density at radius 1 is 1.11 bits per heavy atom. The topological polar surface area (TPSA) is 119 Å². The normalized spacial score (nSPS) is 14.7. The molecule has 12 heteroatoms. The van der Waals surface area contributed by atoms with Gasteiger partial charge in [0.2, 0.25) is 0 Å². The smallest absolute Gasteiger partial charge is 0.252 e. The van der Waals surface area contributed by atoms with Gasteiger partial charge in [0.05, 0.1) is 23.6 Å². The van der Waals surface area contributed by atoms with Gasteiger partial charge in [-0.2, -0.15) is 4.68 Å². The quantitative estimate of drug-likeness (QED) is 0.334. The minimum absolute atomic E-state index is 0.122. The second-order valence-corrected chi connectivity index (χ2v) is 9.18. The second kappa shape index (κ2) is 8.89. The second-order valence-electron chi connectivity index (χ2n) is 8.38. The third kappa shape index (κ3) is 3.84. The van der Waals surface area contributed by atoms with Crippen LogP contribution in [0.3, 0.4) is 0 Å². The fourth-order valence-electron chi connectivity index (χ4n) is 4.64. The first kappa shape index (κ1) is 22.4. The standard InChI is InChI=1S/C24H19Cl2N9O/c1-27-21-7-4-16(23(26)31-21)18-11-28-24(30-18)20-6-3-15-8-13(9-22(36)35(15)20)17-10-14(25)2-5-19(17)34-12-29-32-33-34/h2,4-5,7-12,20H,3,6H2,1H3,(H,27,31)(H,28,30)/t20-/m0/s1. The first-order valence-electron chi connectivity index (χ1n) is 11.2. The van der Waals surface area contributed by atoms with E-state index in [-0.39, 0.29) is 11.6 Å². The zero-order chi connectivity index (χ0) is 24.8. The Kier molecular flexibility index (Phi) is 5.54. The van der Waals surface area contributed by atoms with Crippen LogP contribution in [0.4, 0.5) is 5.82 Å². The Hall–Kier alpha value is -4.02. The van der Waals surface area contributed by atoms with Gasteiger partial charge in [0.25, 0.3) is 5.56 Å². The summed E-state index contributed by atoms with van der Waals surface area (Å²) in [7, 11) is 1.78. The van der Waals surface area contributed by atoms with E-state index in [1.54, 1.807) is 34.6 Å². The number of hydrogen-bond acceptors (Lipinski definition) is 7. The van der Waals surface area contributed by atoms with Gasteiger partial charge in [-0.25, -0.2) is 9.97 Å². The molecule has 1 aliphatic rings. The number of pyridine rings is 2. The molecule has 180 valence electrons. The lowest BCUT2D eigenvalue weighted by molar-refractivity contribution is 0.572. The van der Waals surface area contributed by atoms with Gasteiger partial charge in [-0.05, 0) is 65.2 Å². The van der Waals surface area contributed by atoms with Crippen molar-refractivity contribution in [3.05, 3.63) is 87.0 Å². The van der Waals surface area contributed by atoms with E-state index in [4.69, 9.17) is 23.2 Å². The Bertz CT molecular complexity index is 1640. The highest BCUT2D eigenvalue weighted by atomic mass is 35.5. The Morgan fingerprint density at radius 2 is 2.00 bits per heavy atom. The van der Waals surface area contributed by atoms with Gasteiger partial charge in [-0.15, -0.1) is 5.10 Å². The molecule has 1 aliphatic heterocycles. The molecule has 0 amide bonds. The molecule has 6 rings (SSSR count). The molecule has 10 nitrogen and oxygen atoms in total. The number of H-pyrrole nitrogens is 1. The van der Waals surface area contributed by atoms with Crippen molar-refractivity contribution < 1.29 is 0 Å². The zero-order valence-electron chi connectivity index (χ0n) is 19.0. The van der Waals surface area contributed by atoms with Crippen molar-refractivity contribution >= 4 is 29.0 Å². The van der Waals surface area contributed by atoms with E-state index in [0.717, 1.165) is 46.6 Å². The van der Waals surface area contributed by atoms with Gasteiger partial charge < -0.3 is 14.9 Å². The summed E-state index contributed by atoms with van der Waals surface area (Å²) in [6.07, 6.45) is 4.69. The zero-order valence-corrected chi connectivity index (χ0v) is 20.5. The van der Waals surface area contributed by atoms with Crippen LogP contribution < -0.4 is 10.9 Å². The fourth-order valence-corrected chi connectivity index (χ4v) is 5.07. The molecule has 5 heterocycles. The van der Waals surface area contributed by atoms with Crippen molar-refractivity contribution in [3.63, 3.8) is 0 Å². The van der Waals surface area contributed by atoms with Gasteiger partial charge in [0.15, 0.2) is 0 Å². The summed E-state index contributed by atoms with van der Waals surface area (Å²) in [5.74, 6) is 1.38. The molecule has 1 aromatic carbocycles. The van der Waals surface area contributed by atoms with E-state index in [1.807, 2.05) is 30.3 Å². The van der Waals surface area contributed by atoms with Gasteiger partial charge in [-0.3, -0.25) is 4.79 Å². The van der Waals surface area contributed by atoms with E-state index in [9.17, 15) is 4.79 Å². The highest BCUT2D eigenvalue weighted by Gasteiger charge is 2.28. The number of tetrazole rings is 1. The summed E-state index contributed by atoms with van der Waals surface area (Å²) >= 11 is 12.7. The number of halogens is 2. The summed E-state index contributed by atoms with van der Waals surface area (Å²) in [6, 6.07) is 12.6. The Morgan fingerprint density at radius 3 is 2.78 bits per heavy atom. The van der Waals surface area contributed by atoms with Crippen LogP contribution in [0.15, 0.2) is 59.8 Å². The molecule has 2 N–H and O–H groups in total. The van der Waals surface area contributed by atoms with Crippen molar-refractivity contribution in [3.8, 4) is 28.1 Å². The van der Waals surface area contributed by atoms with Crippen molar-refractivity contribution in [2.45, 2.75) is 18.9 Å². The summed E-state index contributed by atoms with van der Waals surface area (Å²) in [6.45, 7) is 0. The highest BCUT2D eigenvalue weighted by molar-refractivity contribution is 6.32. The fraction of sp³-hybridized carbons (Fsp3) is 0.167. The van der Waals surface area contributed by atoms with E-state index in [2.05, 4.69) is 35.8 Å². The molecule has 0 bridgehead atoms. The molecule has 0 radical (unpaired) electrons. The van der Waals surface area contributed by atoms with Crippen LogP contribution in [0.25, 0.3) is 28.1 Å². The molecule has 0 unspecified atom stereocenters. The molecule has 0 aliphatic carbocycles. The number of fused-ring (bicyclic) bond motifs is 1. The number of nitrogens with zero attached hydrogens (tertiary/aromatic N) is 7. The van der Waals surface area contributed by atoms with Crippen molar-refractivity contribution in [2.75, 3.05) is 12.4 Å². The molecule has 5 aromatic rings. The van der Waals surface area contributed by atoms with Crippen LogP contribution in [0, 0.1) is 0 Å². The lowest BCUT2D eigenvalue weighted by atomic mass is 10.0. The highest BCUT2D eigenvalue weighted by Crippen LogP contribution is 2.35. The molecular formula is C24H19Cl2N9O. The van der Waals surface area contributed by atoms with Crippen LogP contribution in [-0.4, -0.2) is 46.8 Å². The van der Waals surface area contributed by atoms with Crippen molar-refractivity contribution in [2.24, 2.45) is 0 Å². The minimum Gasteiger partial charge on any atom is -0.373 e. The molecule has 4 aromatic heterocycles. The Balaban J connectivity index is 1.37. The first-order chi connectivity index (χ1) is 17.5. The van der Waals surface area contributed by atoms with Gasteiger partial charge in [0.1, 0.15) is 23.1 Å². The number of imidazole rings is 1. The molecule has 0 saturated heterocycles. The third-order valence-electron chi connectivity index (χ3n) is 6.31.